The van der Waals surface area contributed by atoms with Crippen molar-refractivity contribution in [2.75, 3.05) is 20.8 Å². The first-order valence-corrected chi connectivity index (χ1v) is 8.78. The van der Waals surface area contributed by atoms with Gasteiger partial charge in [-0.1, -0.05) is 23.2 Å². The number of amides is 1. The number of carbonyl (C=O) groups excluding carboxylic acids is 1. The zero-order valence-electron chi connectivity index (χ0n) is 14.1. The Balaban J connectivity index is 1.95. The third-order valence-corrected chi connectivity index (χ3v) is 5.04. The highest BCUT2D eigenvalue weighted by Gasteiger charge is 2.33. The van der Waals surface area contributed by atoms with Gasteiger partial charge in [-0.3, -0.25) is 4.79 Å². The van der Waals surface area contributed by atoms with Crippen LogP contribution in [0.4, 0.5) is 0 Å². The molecule has 0 bridgehead atoms. The summed E-state index contributed by atoms with van der Waals surface area (Å²) in [5, 5.41) is 0.896. The number of halogens is 2. The number of nitrogens with zero attached hydrogens (tertiary/aromatic N) is 1. The summed E-state index contributed by atoms with van der Waals surface area (Å²) in [5.74, 6) is 1.31. The summed E-state index contributed by atoms with van der Waals surface area (Å²) in [7, 11) is 3.23. The zero-order chi connectivity index (χ0) is 18.0. The second-order valence-electron chi connectivity index (χ2n) is 5.89. The molecule has 0 radical (unpaired) electrons. The average molecular weight is 380 g/mol. The normalized spacial score (nSPS) is 16.8. The maximum atomic E-state index is 13.0. The van der Waals surface area contributed by atoms with Crippen molar-refractivity contribution >= 4 is 29.1 Å². The van der Waals surface area contributed by atoms with Gasteiger partial charge >= 0.3 is 0 Å². The van der Waals surface area contributed by atoms with Gasteiger partial charge < -0.3 is 14.4 Å². The summed E-state index contributed by atoms with van der Waals surface area (Å²) in [4.78, 5) is 14.9. The van der Waals surface area contributed by atoms with Gasteiger partial charge in [-0.2, -0.15) is 0 Å². The fourth-order valence-corrected chi connectivity index (χ4v) is 3.61. The van der Waals surface area contributed by atoms with E-state index in [0.29, 0.717) is 33.7 Å². The van der Waals surface area contributed by atoms with E-state index in [1.807, 2.05) is 23.1 Å². The van der Waals surface area contributed by atoms with Gasteiger partial charge in [-0.15, -0.1) is 0 Å². The van der Waals surface area contributed by atoms with Crippen molar-refractivity contribution in [3.05, 3.63) is 57.6 Å². The van der Waals surface area contributed by atoms with Crippen molar-refractivity contribution in [1.82, 2.24) is 4.90 Å². The number of hydrogen-bond acceptors (Lipinski definition) is 3. The standard InChI is InChI=1S/C19H19Cl2NO3/c1-24-13-6-7-14(18(11-13)25-2)17-4-3-9-22(17)19(23)15-10-12(20)5-8-16(15)21/h5-8,10-11,17H,3-4,9H2,1-2H3/t17-/m0/s1. The molecule has 1 aliphatic heterocycles. The summed E-state index contributed by atoms with van der Waals surface area (Å²) in [5.41, 5.74) is 1.39. The molecule has 1 saturated heterocycles. The molecule has 1 amide bonds. The topological polar surface area (TPSA) is 38.8 Å². The first-order chi connectivity index (χ1) is 12.0. The molecule has 0 aliphatic carbocycles. The highest BCUT2D eigenvalue weighted by Crippen LogP contribution is 2.40. The van der Waals surface area contributed by atoms with Crippen LogP contribution in [0.3, 0.4) is 0 Å². The van der Waals surface area contributed by atoms with E-state index in [0.717, 1.165) is 18.4 Å². The molecule has 0 spiro atoms. The minimum atomic E-state index is -0.118. The van der Waals surface area contributed by atoms with Gasteiger partial charge in [0, 0.05) is 23.2 Å². The van der Waals surface area contributed by atoms with Crippen molar-refractivity contribution in [2.24, 2.45) is 0 Å². The molecule has 3 rings (SSSR count). The number of benzene rings is 2. The Morgan fingerprint density at radius 1 is 1.12 bits per heavy atom. The fourth-order valence-electron chi connectivity index (χ4n) is 3.24. The van der Waals surface area contributed by atoms with Gasteiger partial charge in [0.15, 0.2) is 0 Å². The Morgan fingerprint density at radius 2 is 1.92 bits per heavy atom. The van der Waals surface area contributed by atoms with E-state index in [2.05, 4.69) is 0 Å². The summed E-state index contributed by atoms with van der Waals surface area (Å²) in [6, 6.07) is 10.5. The highest BCUT2D eigenvalue weighted by atomic mass is 35.5. The number of ether oxygens (including phenoxy) is 2. The van der Waals surface area contributed by atoms with Crippen LogP contribution in [0, 0.1) is 0 Å². The highest BCUT2D eigenvalue weighted by molar-refractivity contribution is 6.35. The largest absolute Gasteiger partial charge is 0.497 e. The first-order valence-electron chi connectivity index (χ1n) is 8.03. The van der Waals surface area contributed by atoms with Crippen LogP contribution in [0.25, 0.3) is 0 Å². The quantitative estimate of drug-likeness (QED) is 0.750. The molecule has 6 heteroatoms. The zero-order valence-corrected chi connectivity index (χ0v) is 15.6. The predicted molar refractivity (Wildman–Crippen MR) is 99.0 cm³/mol. The van der Waals surface area contributed by atoms with Crippen LogP contribution in [0.1, 0.15) is 34.8 Å². The smallest absolute Gasteiger partial charge is 0.255 e. The Hall–Kier alpha value is -1.91. The molecule has 0 saturated carbocycles. The lowest BCUT2D eigenvalue weighted by Crippen LogP contribution is -2.31. The third-order valence-electron chi connectivity index (χ3n) is 4.47. The summed E-state index contributed by atoms with van der Waals surface area (Å²) < 4.78 is 10.8. The predicted octanol–water partition coefficient (Wildman–Crippen LogP) is 4.99. The minimum Gasteiger partial charge on any atom is -0.497 e. The van der Waals surface area contributed by atoms with Gasteiger partial charge in [-0.25, -0.2) is 0 Å². The molecule has 1 heterocycles. The number of carbonyl (C=O) groups is 1. The third kappa shape index (κ3) is 3.55. The van der Waals surface area contributed by atoms with E-state index < -0.39 is 0 Å². The Kier molecular flexibility index (Phi) is 5.40. The fraction of sp³-hybridized carbons (Fsp3) is 0.316. The second kappa shape index (κ2) is 7.54. The SMILES string of the molecule is COc1ccc([C@@H]2CCCN2C(=O)c2cc(Cl)ccc2Cl)c(OC)c1. The molecular formula is C19H19Cl2NO3. The van der Waals surface area contributed by atoms with Crippen LogP contribution in [0.2, 0.25) is 10.0 Å². The van der Waals surface area contributed by atoms with Crippen molar-refractivity contribution in [2.45, 2.75) is 18.9 Å². The molecule has 1 atom stereocenters. The van der Waals surface area contributed by atoms with E-state index in [1.54, 1.807) is 32.4 Å². The Morgan fingerprint density at radius 3 is 2.64 bits per heavy atom. The molecule has 2 aromatic rings. The monoisotopic (exact) mass is 379 g/mol. The summed E-state index contributed by atoms with van der Waals surface area (Å²) in [6.07, 6.45) is 1.79. The van der Waals surface area contributed by atoms with Crippen LogP contribution >= 0.6 is 23.2 Å². The molecule has 25 heavy (non-hydrogen) atoms. The molecular weight excluding hydrogens is 361 g/mol. The van der Waals surface area contributed by atoms with E-state index in [4.69, 9.17) is 32.7 Å². The Labute approximate surface area is 157 Å². The molecule has 2 aromatic carbocycles. The molecule has 0 N–H and O–H groups in total. The first kappa shape index (κ1) is 17.9. The van der Waals surface area contributed by atoms with Gasteiger partial charge in [0.05, 0.1) is 30.8 Å². The summed E-state index contributed by atoms with van der Waals surface area (Å²) in [6.45, 7) is 0.668. The van der Waals surface area contributed by atoms with Crippen LogP contribution in [-0.2, 0) is 0 Å². The van der Waals surface area contributed by atoms with Gasteiger partial charge in [0.25, 0.3) is 5.91 Å². The van der Waals surface area contributed by atoms with E-state index in [1.165, 1.54) is 0 Å². The van der Waals surface area contributed by atoms with Crippen LogP contribution in [0.15, 0.2) is 36.4 Å². The molecule has 1 fully saturated rings. The van der Waals surface area contributed by atoms with E-state index in [9.17, 15) is 4.79 Å². The van der Waals surface area contributed by atoms with Crippen molar-refractivity contribution in [3.8, 4) is 11.5 Å². The molecule has 1 aliphatic rings. The molecule has 0 aromatic heterocycles. The van der Waals surface area contributed by atoms with E-state index >= 15 is 0 Å². The number of likely N-dealkylation sites (tertiary alicyclic amines) is 1. The molecule has 4 nitrogen and oxygen atoms in total. The van der Waals surface area contributed by atoms with Crippen molar-refractivity contribution in [1.29, 1.82) is 0 Å². The maximum absolute atomic E-state index is 13.0. The van der Waals surface area contributed by atoms with Gasteiger partial charge in [0.2, 0.25) is 0 Å². The molecule has 132 valence electrons. The lowest BCUT2D eigenvalue weighted by molar-refractivity contribution is 0.0734. The van der Waals surface area contributed by atoms with Crippen LogP contribution < -0.4 is 9.47 Å². The molecule has 0 unspecified atom stereocenters. The number of methoxy groups -OCH3 is 2. The van der Waals surface area contributed by atoms with Crippen molar-refractivity contribution < 1.29 is 14.3 Å². The van der Waals surface area contributed by atoms with E-state index in [-0.39, 0.29) is 11.9 Å². The summed E-state index contributed by atoms with van der Waals surface area (Å²) >= 11 is 12.3. The van der Waals surface area contributed by atoms with Crippen molar-refractivity contribution in [3.63, 3.8) is 0 Å². The Bertz CT molecular complexity index is 794. The minimum absolute atomic E-state index is 0.0663. The van der Waals surface area contributed by atoms with Crippen LogP contribution in [-0.4, -0.2) is 31.6 Å². The van der Waals surface area contributed by atoms with Gasteiger partial charge in [-0.05, 0) is 43.2 Å². The number of hydrogen-bond donors (Lipinski definition) is 0. The van der Waals surface area contributed by atoms with Gasteiger partial charge in [0.1, 0.15) is 11.5 Å². The van der Waals surface area contributed by atoms with Crippen LogP contribution in [0.5, 0.6) is 11.5 Å². The second-order valence-corrected chi connectivity index (χ2v) is 6.73. The lowest BCUT2D eigenvalue weighted by Gasteiger charge is -2.27. The average Bonchev–Trinajstić information content (AvgIpc) is 3.12. The maximum Gasteiger partial charge on any atom is 0.255 e. The number of rotatable bonds is 4. The lowest BCUT2D eigenvalue weighted by atomic mass is 10.0.